The zero-order valence-corrected chi connectivity index (χ0v) is 18.2. The van der Waals surface area contributed by atoms with E-state index in [1.807, 2.05) is 86.8 Å². The molecule has 0 amide bonds. The molecule has 0 aliphatic rings. The number of aryl methyl sites for hydroxylation is 1. The van der Waals surface area contributed by atoms with Crippen LogP contribution in [-0.2, 0) is 0 Å². The fourth-order valence-electron chi connectivity index (χ4n) is 3.82. The summed E-state index contributed by atoms with van der Waals surface area (Å²) >= 11 is 0. The number of ether oxygens (including phenoxy) is 1. The Hall–Kier alpha value is -4.59. The van der Waals surface area contributed by atoms with E-state index < -0.39 is 0 Å². The highest BCUT2D eigenvalue weighted by Crippen LogP contribution is 2.29. The number of hydrogen-bond donors (Lipinski definition) is 2. The summed E-state index contributed by atoms with van der Waals surface area (Å²) < 4.78 is 9.07. The van der Waals surface area contributed by atoms with E-state index in [4.69, 9.17) is 10.5 Å². The first-order valence-electron chi connectivity index (χ1n) is 10.4. The number of fused-ring (bicyclic) bond motifs is 1. The molecule has 164 valence electrons. The van der Waals surface area contributed by atoms with E-state index in [1.165, 1.54) is 15.5 Å². The molecule has 33 heavy (non-hydrogen) atoms. The van der Waals surface area contributed by atoms with Gasteiger partial charge in [-0.25, -0.2) is 19.3 Å². The lowest BCUT2D eigenvalue weighted by atomic mass is 10.2. The minimum absolute atomic E-state index is 0.225. The molecule has 0 radical (unpaired) electrons. The van der Waals surface area contributed by atoms with Gasteiger partial charge in [0, 0.05) is 12.7 Å². The number of rotatable bonds is 5. The lowest BCUT2D eigenvalue weighted by Gasteiger charge is -2.11. The molecule has 0 fully saturated rings. The minimum Gasteiger partial charge on any atom is -0.457 e. The van der Waals surface area contributed by atoms with Crippen molar-refractivity contribution in [1.82, 2.24) is 19.1 Å². The number of nitrogen functional groups attached to an aromatic ring is 1. The first-order valence-corrected chi connectivity index (χ1v) is 10.4. The number of hydrogen-bond acceptors (Lipinski definition) is 6. The summed E-state index contributed by atoms with van der Waals surface area (Å²) in [6.45, 7) is 1.93. The van der Waals surface area contributed by atoms with Crippen LogP contribution in [0.1, 0.15) is 5.56 Å². The van der Waals surface area contributed by atoms with E-state index in [0.29, 0.717) is 28.3 Å². The third-order valence-electron chi connectivity index (χ3n) is 5.43. The quantitative estimate of drug-likeness (QED) is 0.424. The van der Waals surface area contributed by atoms with Crippen molar-refractivity contribution in [1.29, 1.82) is 0 Å². The Morgan fingerprint density at radius 1 is 0.909 bits per heavy atom. The van der Waals surface area contributed by atoms with Gasteiger partial charge in [-0.2, -0.15) is 0 Å². The highest BCUT2D eigenvalue weighted by molar-refractivity contribution is 5.85. The molecule has 0 unspecified atom stereocenters. The van der Waals surface area contributed by atoms with Gasteiger partial charge in [0.2, 0.25) is 0 Å². The van der Waals surface area contributed by atoms with E-state index in [0.717, 1.165) is 17.0 Å². The third-order valence-corrected chi connectivity index (χ3v) is 5.43. The van der Waals surface area contributed by atoms with E-state index in [1.54, 1.807) is 0 Å². The first-order chi connectivity index (χ1) is 16.1. The average Bonchev–Trinajstić information content (AvgIpc) is 3.14. The second-order valence-electron chi connectivity index (χ2n) is 7.55. The number of benzene rings is 3. The summed E-state index contributed by atoms with van der Waals surface area (Å²) in [7, 11) is 1.83. The predicted molar refractivity (Wildman–Crippen MR) is 130 cm³/mol. The number of anilines is 2. The summed E-state index contributed by atoms with van der Waals surface area (Å²) in [6, 6.07) is 22.6. The lowest BCUT2D eigenvalue weighted by molar-refractivity contribution is 0.479. The first kappa shape index (κ1) is 20.3. The largest absolute Gasteiger partial charge is 0.457 e. The molecule has 2 aromatic heterocycles. The zero-order chi connectivity index (χ0) is 22.9. The maximum atomic E-state index is 13.7. The van der Waals surface area contributed by atoms with Crippen molar-refractivity contribution in [2.24, 2.45) is 0 Å². The smallest absolute Gasteiger partial charge is 0.339 e. The van der Waals surface area contributed by atoms with Crippen LogP contribution >= 0.6 is 0 Å². The number of para-hydroxylation sites is 1. The van der Waals surface area contributed by atoms with Crippen molar-refractivity contribution >= 4 is 22.7 Å². The maximum Gasteiger partial charge on any atom is 0.339 e. The summed E-state index contributed by atoms with van der Waals surface area (Å²) in [5, 5.41) is 3.09. The van der Waals surface area contributed by atoms with Gasteiger partial charge in [-0.3, -0.25) is 4.57 Å². The fraction of sp³-hybridized carbons (Fsp3) is 0.0800. The van der Waals surface area contributed by atoms with Crippen LogP contribution in [0.15, 0.2) is 83.9 Å². The molecule has 2 heterocycles. The molecular formula is C25H22N6O2. The third kappa shape index (κ3) is 3.57. The normalized spacial score (nSPS) is 11.0. The van der Waals surface area contributed by atoms with Gasteiger partial charge in [0.05, 0.1) is 11.4 Å². The van der Waals surface area contributed by atoms with Crippen LogP contribution in [0.2, 0.25) is 0 Å². The molecule has 0 saturated heterocycles. The molecule has 3 N–H and O–H groups in total. The second kappa shape index (κ2) is 8.16. The SMILES string of the molecule is CNc1cccc(-n2c(=O)n(-c3ccc(Oc4ccccc4)c(C)c3)c3c(N)ncnc32)c1. The van der Waals surface area contributed by atoms with Gasteiger partial charge in [0.25, 0.3) is 0 Å². The van der Waals surface area contributed by atoms with Gasteiger partial charge in [-0.15, -0.1) is 0 Å². The Bertz CT molecular complexity index is 1520. The molecular weight excluding hydrogens is 416 g/mol. The van der Waals surface area contributed by atoms with Crippen molar-refractivity contribution in [2.75, 3.05) is 18.1 Å². The molecule has 5 rings (SSSR count). The summed E-state index contributed by atoms with van der Waals surface area (Å²) in [5.41, 5.74) is 9.88. The Labute approximate surface area is 189 Å². The Balaban J connectivity index is 1.68. The molecule has 5 aromatic rings. The molecule has 3 aromatic carbocycles. The van der Waals surface area contributed by atoms with Crippen LogP contribution in [0, 0.1) is 6.92 Å². The molecule has 0 saturated carbocycles. The van der Waals surface area contributed by atoms with Crippen LogP contribution in [0.3, 0.4) is 0 Å². The molecule has 0 aliphatic carbocycles. The number of aromatic nitrogens is 4. The minimum atomic E-state index is -0.290. The lowest BCUT2D eigenvalue weighted by Crippen LogP contribution is -2.22. The molecule has 0 bridgehead atoms. The van der Waals surface area contributed by atoms with Crippen LogP contribution in [0.25, 0.3) is 22.5 Å². The van der Waals surface area contributed by atoms with Crippen molar-refractivity contribution in [3.8, 4) is 22.9 Å². The monoisotopic (exact) mass is 438 g/mol. The zero-order valence-electron chi connectivity index (χ0n) is 18.2. The van der Waals surface area contributed by atoms with Gasteiger partial charge >= 0.3 is 5.69 Å². The van der Waals surface area contributed by atoms with Gasteiger partial charge in [-0.1, -0.05) is 24.3 Å². The van der Waals surface area contributed by atoms with Gasteiger partial charge in [-0.05, 0) is 61.0 Å². The second-order valence-corrected chi connectivity index (χ2v) is 7.55. The van der Waals surface area contributed by atoms with Crippen molar-refractivity contribution in [3.63, 3.8) is 0 Å². The number of nitrogens with two attached hydrogens (primary N) is 1. The van der Waals surface area contributed by atoms with E-state index in [-0.39, 0.29) is 11.5 Å². The maximum absolute atomic E-state index is 13.7. The Kier molecular flexibility index (Phi) is 5.02. The van der Waals surface area contributed by atoms with Gasteiger partial charge in [0.15, 0.2) is 11.5 Å². The molecule has 0 atom stereocenters. The summed E-state index contributed by atoms with van der Waals surface area (Å²) in [6.07, 6.45) is 1.36. The van der Waals surface area contributed by atoms with Crippen molar-refractivity contribution in [3.05, 3.63) is 95.2 Å². The average molecular weight is 438 g/mol. The van der Waals surface area contributed by atoms with E-state index in [9.17, 15) is 4.79 Å². The van der Waals surface area contributed by atoms with Crippen LogP contribution in [0.5, 0.6) is 11.5 Å². The van der Waals surface area contributed by atoms with Crippen molar-refractivity contribution < 1.29 is 4.74 Å². The number of nitrogens with zero attached hydrogens (tertiary/aromatic N) is 4. The van der Waals surface area contributed by atoms with Crippen LogP contribution in [-0.4, -0.2) is 26.1 Å². The highest BCUT2D eigenvalue weighted by atomic mass is 16.5. The Morgan fingerprint density at radius 2 is 1.70 bits per heavy atom. The predicted octanol–water partition coefficient (Wildman–Crippen LogP) is 4.30. The number of nitrogens with one attached hydrogen (secondary N) is 1. The van der Waals surface area contributed by atoms with Crippen molar-refractivity contribution in [2.45, 2.75) is 6.92 Å². The Morgan fingerprint density at radius 3 is 2.45 bits per heavy atom. The molecule has 0 aliphatic heterocycles. The molecule has 0 spiro atoms. The van der Waals surface area contributed by atoms with Crippen LogP contribution in [0.4, 0.5) is 11.5 Å². The van der Waals surface area contributed by atoms with E-state index in [2.05, 4.69) is 15.3 Å². The fourth-order valence-corrected chi connectivity index (χ4v) is 3.82. The van der Waals surface area contributed by atoms with E-state index >= 15 is 0 Å². The standard InChI is InChI=1S/C25H22N6O2/c1-16-13-19(11-12-21(16)33-20-9-4-3-5-10-20)30-22-23(26)28-15-29-24(22)31(25(30)32)18-8-6-7-17(14-18)27-2/h3-15,27H,1-2H3,(H2,26,28,29). The topological polar surface area (TPSA) is 100.0 Å². The van der Waals surface area contributed by atoms with Crippen LogP contribution < -0.4 is 21.5 Å². The summed E-state index contributed by atoms with van der Waals surface area (Å²) in [4.78, 5) is 22.2. The van der Waals surface area contributed by atoms with Gasteiger partial charge < -0.3 is 15.8 Å². The molecule has 8 heteroatoms. The summed E-state index contributed by atoms with van der Waals surface area (Å²) in [5.74, 6) is 1.67. The van der Waals surface area contributed by atoms with Gasteiger partial charge in [0.1, 0.15) is 23.3 Å². The molecule has 8 nitrogen and oxygen atoms in total. The number of imidazole rings is 1. The highest BCUT2D eigenvalue weighted by Gasteiger charge is 2.20.